The van der Waals surface area contributed by atoms with E-state index in [2.05, 4.69) is 52.8 Å². The largest absolute Gasteiger partial charge is 0.466 e. The van der Waals surface area contributed by atoms with Crippen molar-refractivity contribution in [1.82, 2.24) is 0 Å². The van der Waals surface area contributed by atoms with Gasteiger partial charge < -0.3 is 4.74 Å². The molecule has 2 aliphatic carbocycles. The quantitative estimate of drug-likeness (QED) is 0.279. The summed E-state index contributed by atoms with van der Waals surface area (Å²) in [6.45, 7) is 12.3. The average molecular weight is 427 g/mol. The van der Waals surface area contributed by atoms with Crippen molar-refractivity contribution in [3.05, 3.63) is 34.9 Å². The highest BCUT2D eigenvalue weighted by atomic mass is 16.5. The molecule has 0 bridgehead atoms. The van der Waals surface area contributed by atoms with E-state index in [-0.39, 0.29) is 16.8 Å². The van der Waals surface area contributed by atoms with E-state index in [1.807, 2.05) is 0 Å². The Balaban J connectivity index is 1.62. The Morgan fingerprint density at radius 1 is 1.10 bits per heavy atom. The molecule has 0 radical (unpaired) electrons. The van der Waals surface area contributed by atoms with Crippen LogP contribution in [0.2, 0.25) is 0 Å². The normalized spacial score (nSPS) is 27.6. The molecule has 0 N–H and O–H groups in total. The summed E-state index contributed by atoms with van der Waals surface area (Å²) >= 11 is 0. The Morgan fingerprint density at radius 3 is 2.58 bits per heavy atom. The number of unbranched alkanes of at least 4 members (excludes halogenated alkanes) is 5. The minimum atomic E-state index is 0.0289. The predicted molar refractivity (Wildman–Crippen MR) is 131 cm³/mol. The molecule has 0 spiro atoms. The first kappa shape index (κ1) is 24.3. The van der Waals surface area contributed by atoms with Crippen molar-refractivity contribution in [1.29, 1.82) is 0 Å². The third-order valence-corrected chi connectivity index (χ3v) is 8.48. The zero-order valence-corrected chi connectivity index (χ0v) is 20.9. The number of esters is 1. The molecule has 3 rings (SSSR count). The minimum Gasteiger partial charge on any atom is -0.466 e. The van der Waals surface area contributed by atoms with E-state index in [4.69, 9.17) is 4.74 Å². The number of carbonyl (C=O) groups excluding carboxylic acids is 1. The van der Waals surface area contributed by atoms with E-state index in [0.717, 1.165) is 19.3 Å². The van der Waals surface area contributed by atoms with Gasteiger partial charge in [-0.05, 0) is 71.5 Å². The van der Waals surface area contributed by atoms with E-state index < -0.39 is 0 Å². The Morgan fingerprint density at radius 2 is 1.84 bits per heavy atom. The van der Waals surface area contributed by atoms with Crippen LogP contribution in [0.1, 0.15) is 128 Å². The van der Waals surface area contributed by atoms with Gasteiger partial charge in [-0.2, -0.15) is 0 Å². The first-order valence-corrected chi connectivity index (χ1v) is 13.1. The second-order valence-electron chi connectivity index (χ2n) is 11.3. The summed E-state index contributed by atoms with van der Waals surface area (Å²) < 4.78 is 5.70. The standard InChI is InChI=1S/C29H46O2/c1-6-7-8-9-10-11-19-31-27(30)21-28(4)17-12-18-29(5)25-15-13-23(22(2)3)20-24(25)14-16-26(28)29/h13,15,20,22,26H,6-12,14,16-19,21H2,1-5H3/t26-,28-,29+/m0/s1. The van der Waals surface area contributed by atoms with Crippen molar-refractivity contribution < 1.29 is 9.53 Å². The van der Waals surface area contributed by atoms with Gasteiger partial charge in [0.25, 0.3) is 0 Å². The summed E-state index contributed by atoms with van der Waals surface area (Å²) in [6.07, 6.45) is 13.9. The number of aryl methyl sites for hydroxylation is 1. The number of carbonyl (C=O) groups is 1. The topological polar surface area (TPSA) is 26.3 Å². The first-order valence-electron chi connectivity index (χ1n) is 13.1. The van der Waals surface area contributed by atoms with E-state index in [1.54, 1.807) is 11.1 Å². The fourth-order valence-electron chi connectivity index (χ4n) is 6.66. The Bertz CT molecular complexity index is 736. The molecule has 0 aliphatic heterocycles. The lowest BCUT2D eigenvalue weighted by Gasteiger charge is -2.55. The molecule has 2 nitrogen and oxygen atoms in total. The molecule has 3 atom stereocenters. The van der Waals surface area contributed by atoms with Gasteiger partial charge in [0.05, 0.1) is 13.0 Å². The van der Waals surface area contributed by atoms with Gasteiger partial charge in [0.2, 0.25) is 0 Å². The molecule has 1 fully saturated rings. The molecule has 174 valence electrons. The maximum Gasteiger partial charge on any atom is 0.306 e. The average Bonchev–Trinajstić information content (AvgIpc) is 2.72. The van der Waals surface area contributed by atoms with Crippen LogP contribution >= 0.6 is 0 Å². The van der Waals surface area contributed by atoms with Crippen molar-refractivity contribution in [3.8, 4) is 0 Å². The first-order chi connectivity index (χ1) is 14.8. The van der Waals surface area contributed by atoms with Crippen molar-refractivity contribution in [2.75, 3.05) is 6.61 Å². The van der Waals surface area contributed by atoms with Crippen molar-refractivity contribution in [3.63, 3.8) is 0 Å². The molecule has 1 saturated carbocycles. The van der Waals surface area contributed by atoms with Crippen LogP contribution in [0.3, 0.4) is 0 Å². The second kappa shape index (κ2) is 10.5. The summed E-state index contributed by atoms with van der Waals surface area (Å²) in [4.78, 5) is 12.8. The summed E-state index contributed by atoms with van der Waals surface area (Å²) in [7, 11) is 0. The lowest BCUT2D eigenvalue weighted by atomic mass is 9.49. The van der Waals surface area contributed by atoms with Crippen molar-refractivity contribution >= 4 is 5.97 Å². The molecule has 0 aromatic heterocycles. The van der Waals surface area contributed by atoms with Crippen molar-refractivity contribution in [2.45, 2.75) is 123 Å². The summed E-state index contributed by atoms with van der Waals surface area (Å²) in [5.41, 5.74) is 4.81. The van der Waals surface area contributed by atoms with Gasteiger partial charge in [-0.3, -0.25) is 4.79 Å². The zero-order chi connectivity index (χ0) is 22.5. The maximum atomic E-state index is 12.8. The fourth-order valence-corrected chi connectivity index (χ4v) is 6.66. The molecule has 31 heavy (non-hydrogen) atoms. The van der Waals surface area contributed by atoms with Crippen LogP contribution in [0.15, 0.2) is 18.2 Å². The number of hydrogen-bond donors (Lipinski definition) is 0. The van der Waals surface area contributed by atoms with Gasteiger partial charge in [0.15, 0.2) is 0 Å². The predicted octanol–water partition coefficient (Wildman–Crippen LogP) is 8.11. The van der Waals surface area contributed by atoms with Crippen LogP contribution in [-0.2, 0) is 21.4 Å². The Labute approximate surface area is 191 Å². The van der Waals surface area contributed by atoms with Crippen LogP contribution in [0.25, 0.3) is 0 Å². The lowest BCUT2D eigenvalue weighted by Crippen LogP contribution is -2.50. The molecule has 1 aromatic rings. The van der Waals surface area contributed by atoms with E-state index in [9.17, 15) is 4.79 Å². The molecule has 0 amide bonds. The second-order valence-corrected chi connectivity index (χ2v) is 11.3. The third kappa shape index (κ3) is 5.55. The minimum absolute atomic E-state index is 0.0289. The van der Waals surface area contributed by atoms with Crippen LogP contribution in [0, 0.1) is 11.3 Å². The molecular formula is C29H46O2. The van der Waals surface area contributed by atoms with Gasteiger partial charge >= 0.3 is 5.97 Å². The Kier molecular flexibility index (Phi) is 8.27. The van der Waals surface area contributed by atoms with E-state index >= 15 is 0 Å². The van der Waals surface area contributed by atoms with Gasteiger partial charge in [0.1, 0.15) is 0 Å². The summed E-state index contributed by atoms with van der Waals surface area (Å²) in [5.74, 6) is 1.17. The van der Waals surface area contributed by atoms with Crippen LogP contribution in [0.5, 0.6) is 0 Å². The molecule has 0 unspecified atom stereocenters. The molecule has 1 aromatic carbocycles. The third-order valence-electron chi connectivity index (χ3n) is 8.48. The highest BCUT2D eigenvalue weighted by Gasteiger charge is 2.52. The maximum absolute atomic E-state index is 12.8. The van der Waals surface area contributed by atoms with Gasteiger partial charge in [0, 0.05) is 0 Å². The van der Waals surface area contributed by atoms with Gasteiger partial charge in [-0.25, -0.2) is 0 Å². The van der Waals surface area contributed by atoms with Crippen LogP contribution in [0.4, 0.5) is 0 Å². The molecule has 0 heterocycles. The van der Waals surface area contributed by atoms with Gasteiger partial charge in [-0.15, -0.1) is 0 Å². The molecule has 2 aliphatic rings. The SMILES string of the molecule is CCCCCCCCOC(=O)C[C@]1(C)CCC[C@]2(C)c3ccc(C(C)C)cc3CC[C@@H]12. The zero-order valence-electron chi connectivity index (χ0n) is 20.9. The monoisotopic (exact) mass is 426 g/mol. The van der Waals surface area contributed by atoms with Crippen LogP contribution in [-0.4, -0.2) is 12.6 Å². The molecule has 2 heteroatoms. The smallest absolute Gasteiger partial charge is 0.306 e. The lowest BCUT2D eigenvalue weighted by molar-refractivity contribution is -0.149. The molecule has 0 saturated heterocycles. The number of ether oxygens (including phenoxy) is 1. The number of benzene rings is 1. The van der Waals surface area contributed by atoms with Crippen LogP contribution < -0.4 is 0 Å². The number of hydrogen-bond acceptors (Lipinski definition) is 2. The highest BCUT2D eigenvalue weighted by molar-refractivity contribution is 5.70. The molecular weight excluding hydrogens is 380 g/mol. The van der Waals surface area contributed by atoms with Crippen molar-refractivity contribution in [2.24, 2.45) is 11.3 Å². The summed E-state index contributed by atoms with van der Waals surface area (Å²) in [5, 5.41) is 0. The van der Waals surface area contributed by atoms with Gasteiger partial charge in [-0.1, -0.05) is 91.3 Å². The fraction of sp³-hybridized carbons (Fsp3) is 0.759. The summed E-state index contributed by atoms with van der Waals surface area (Å²) in [6, 6.07) is 7.22. The number of rotatable bonds is 10. The highest BCUT2D eigenvalue weighted by Crippen LogP contribution is 2.58. The number of fused-ring (bicyclic) bond motifs is 3. The van der Waals surface area contributed by atoms with E-state index in [1.165, 1.54) is 56.9 Å². The van der Waals surface area contributed by atoms with E-state index in [0.29, 0.717) is 24.9 Å². The Hall–Kier alpha value is -1.31.